The second kappa shape index (κ2) is 5.96. The van der Waals surface area contributed by atoms with Crippen LogP contribution in [-0.4, -0.2) is 17.8 Å². The van der Waals surface area contributed by atoms with Gasteiger partial charge in [0, 0.05) is 24.4 Å². The average molecular weight is 240 g/mol. The number of rotatable bonds is 4. The molecule has 0 amide bonds. The highest BCUT2D eigenvalue weighted by atomic mass is 16.6. The second-order valence-corrected chi connectivity index (χ2v) is 4.07. The standard InChI is InChI=1S/C15H16N2O/c1-12-6-3-4-7-13(12)10-15(17-18-2)14-8-5-9-16-11-14/h3-9,11H,10H2,1-2H3/b17-15-. The summed E-state index contributed by atoms with van der Waals surface area (Å²) in [6.45, 7) is 2.10. The van der Waals surface area contributed by atoms with Crippen LogP contribution in [-0.2, 0) is 11.3 Å². The lowest BCUT2D eigenvalue weighted by atomic mass is 10.00. The van der Waals surface area contributed by atoms with E-state index in [-0.39, 0.29) is 0 Å². The minimum absolute atomic E-state index is 0.742. The first-order valence-electron chi connectivity index (χ1n) is 5.86. The predicted octanol–water partition coefficient (Wildman–Crippen LogP) is 2.98. The average Bonchev–Trinajstić information content (AvgIpc) is 2.42. The van der Waals surface area contributed by atoms with Crippen molar-refractivity contribution in [3.63, 3.8) is 0 Å². The van der Waals surface area contributed by atoms with Crippen LogP contribution in [0.4, 0.5) is 0 Å². The van der Waals surface area contributed by atoms with Crippen LogP contribution in [0.2, 0.25) is 0 Å². The molecule has 0 aliphatic rings. The van der Waals surface area contributed by atoms with Crippen LogP contribution in [0.25, 0.3) is 0 Å². The first kappa shape index (κ1) is 12.3. The third-order valence-electron chi connectivity index (χ3n) is 2.82. The van der Waals surface area contributed by atoms with Crippen molar-refractivity contribution >= 4 is 5.71 Å². The fourth-order valence-electron chi connectivity index (χ4n) is 1.82. The molecule has 18 heavy (non-hydrogen) atoms. The summed E-state index contributed by atoms with van der Waals surface area (Å²) in [6, 6.07) is 12.2. The molecule has 0 atom stereocenters. The fourth-order valence-corrected chi connectivity index (χ4v) is 1.82. The second-order valence-electron chi connectivity index (χ2n) is 4.07. The summed E-state index contributed by atoms with van der Waals surface area (Å²) in [7, 11) is 1.56. The maximum Gasteiger partial charge on any atom is 0.106 e. The Morgan fingerprint density at radius 2 is 2.06 bits per heavy atom. The Bertz CT molecular complexity index is 535. The fraction of sp³-hybridized carbons (Fsp3) is 0.200. The highest BCUT2D eigenvalue weighted by Gasteiger charge is 2.07. The summed E-state index contributed by atoms with van der Waals surface area (Å²) < 4.78 is 0. The molecule has 0 bridgehead atoms. The molecule has 1 aromatic carbocycles. The molecule has 0 spiro atoms. The van der Waals surface area contributed by atoms with Gasteiger partial charge in [-0.2, -0.15) is 0 Å². The van der Waals surface area contributed by atoms with Crippen LogP contribution in [0.3, 0.4) is 0 Å². The molecule has 0 aliphatic heterocycles. The maximum atomic E-state index is 4.93. The van der Waals surface area contributed by atoms with Crippen molar-refractivity contribution < 1.29 is 4.84 Å². The van der Waals surface area contributed by atoms with Gasteiger partial charge in [-0.05, 0) is 30.2 Å². The maximum absolute atomic E-state index is 4.93. The Hall–Kier alpha value is -2.16. The zero-order valence-corrected chi connectivity index (χ0v) is 10.6. The lowest BCUT2D eigenvalue weighted by Gasteiger charge is -2.08. The van der Waals surface area contributed by atoms with Gasteiger partial charge >= 0.3 is 0 Å². The smallest absolute Gasteiger partial charge is 0.106 e. The van der Waals surface area contributed by atoms with Crippen molar-refractivity contribution in [1.82, 2.24) is 4.98 Å². The Morgan fingerprint density at radius 3 is 2.72 bits per heavy atom. The van der Waals surface area contributed by atoms with E-state index >= 15 is 0 Å². The normalized spacial score (nSPS) is 11.3. The van der Waals surface area contributed by atoms with E-state index < -0.39 is 0 Å². The summed E-state index contributed by atoms with van der Waals surface area (Å²) in [5.41, 5.74) is 4.38. The monoisotopic (exact) mass is 240 g/mol. The van der Waals surface area contributed by atoms with Crippen LogP contribution in [0.5, 0.6) is 0 Å². The van der Waals surface area contributed by atoms with E-state index in [1.807, 2.05) is 24.3 Å². The quantitative estimate of drug-likeness (QED) is 0.608. The number of hydrogen-bond donors (Lipinski definition) is 0. The predicted molar refractivity (Wildman–Crippen MR) is 72.7 cm³/mol. The summed E-state index contributed by atoms with van der Waals surface area (Å²) in [5, 5.41) is 4.11. The molecule has 0 fully saturated rings. The number of hydrogen-bond acceptors (Lipinski definition) is 3. The molecule has 92 valence electrons. The molecule has 0 saturated carbocycles. The molecule has 2 rings (SSSR count). The van der Waals surface area contributed by atoms with Crippen molar-refractivity contribution in [3.05, 3.63) is 65.5 Å². The van der Waals surface area contributed by atoms with E-state index in [2.05, 4.69) is 29.2 Å². The zero-order chi connectivity index (χ0) is 12.8. The molecule has 0 aliphatic carbocycles. The largest absolute Gasteiger partial charge is 0.399 e. The summed E-state index contributed by atoms with van der Waals surface area (Å²) >= 11 is 0. The molecule has 0 saturated heterocycles. The third kappa shape index (κ3) is 2.94. The van der Waals surface area contributed by atoms with Crippen LogP contribution in [0.15, 0.2) is 53.9 Å². The summed E-state index contributed by atoms with van der Waals surface area (Å²) in [4.78, 5) is 9.05. The molecule has 0 unspecified atom stereocenters. The first-order valence-corrected chi connectivity index (χ1v) is 5.86. The molecule has 0 radical (unpaired) electrons. The van der Waals surface area contributed by atoms with Crippen LogP contribution in [0, 0.1) is 6.92 Å². The highest BCUT2D eigenvalue weighted by Crippen LogP contribution is 2.12. The zero-order valence-electron chi connectivity index (χ0n) is 10.6. The van der Waals surface area contributed by atoms with Crippen molar-refractivity contribution in [1.29, 1.82) is 0 Å². The van der Waals surface area contributed by atoms with Gasteiger partial charge in [-0.15, -0.1) is 0 Å². The van der Waals surface area contributed by atoms with E-state index in [9.17, 15) is 0 Å². The number of nitrogens with zero attached hydrogens (tertiary/aromatic N) is 2. The minimum atomic E-state index is 0.742. The summed E-state index contributed by atoms with van der Waals surface area (Å²) in [6.07, 6.45) is 4.30. The number of oxime groups is 1. The van der Waals surface area contributed by atoms with Gasteiger partial charge in [0.1, 0.15) is 7.11 Å². The van der Waals surface area contributed by atoms with Crippen molar-refractivity contribution in [2.45, 2.75) is 13.3 Å². The molecular formula is C15H16N2O. The molecule has 3 heteroatoms. The molecule has 0 N–H and O–H groups in total. The highest BCUT2D eigenvalue weighted by molar-refractivity contribution is 6.01. The van der Waals surface area contributed by atoms with Gasteiger partial charge in [-0.25, -0.2) is 0 Å². The Balaban J connectivity index is 2.29. The van der Waals surface area contributed by atoms with Crippen LogP contribution >= 0.6 is 0 Å². The molecule has 1 aromatic heterocycles. The van der Waals surface area contributed by atoms with Crippen molar-refractivity contribution in [2.75, 3.05) is 7.11 Å². The van der Waals surface area contributed by atoms with Crippen molar-refractivity contribution in [3.8, 4) is 0 Å². The van der Waals surface area contributed by atoms with Crippen LogP contribution in [0.1, 0.15) is 16.7 Å². The van der Waals surface area contributed by atoms with Crippen molar-refractivity contribution in [2.24, 2.45) is 5.16 Å². The minimum Gasteiger partial charge on any atom is -0.399 e. The topological polar surface area (TPSA) is 34.5 Å². The van der Waals surface area contributed by atoms with E-state index in [0.717, 1.165) is 17.7 Å². The molecule has 2 aromatic rings. The van der Waals surface area contributed by atoms with Gasteiger partial charge in [-0.3, -0.25) is 4.98 Å². The Labute approximate surface area is 107 Å². The Morgan fingerprint density at radius 1 is 1.22 bits per heavy atom. The number of benzene rings is 1. The lowest BCUT2D eigenvalue weighted by Crippen LogP contribution is -2.07. The summed E-state index contributed by atoms with van der Waals surface area (Å²) in [5.74, 6) is 0. The third-order valence-corrected chi connectivity index (χ3v) is 2.82. The first-order chi connectivity index (χ1) is 8.81. The van der Waals surface area contributed by atoms with Gasteiger partial charge < -0.3 is 4.84 Å². The van der Waals surface area contributed by atoms with Gasteiger partial charge in [-0.1, -0.05) is 29.4 Å². The lowest BCUT2D eigenvalue weighted by molar-refractivity contribution is 0.213. The van der Waals surface area contributed by atoms with Gasteiger partial charge in [0.15, 0.2) is 0 Å². The van der Waals surface area contributed by atoms with Crippen LogP contribution < -0.4 is 0 Å². The van der Waals surface area contributed by atoms with E-state index in [1.165, 1.54) is 11.1 Å². The number of pyridine rings is 1. The van der Waals surface area contributed by atoms with E-state index in [4.69, 9.17) is 4.84 Å². The van der Waals surface area contributed by atoms with E-state index in [0.29, 0.717) is 0 Å². The molecular weight excluding hydrogens is 224 g/mol. The number of aromatic nitrogens is 1. The van der Waals surface area contributed by atoms with Gasteiger partial charge in [0.05, 0.1) is 5.71 Å². The SMILES string of the molecule is CO/N=C(/Cc1ccccc1C)c1cccnc1. The Kier molecular flexibility index (Phi) is 4.07. The molecule has 3 nitrogen and oxygen atoms in total. The van der Waals surface area contributed by atoms with Gasteiger partial charge in [0.2, 0.25) is 0 Å². The van der Waals surface area contributed by atoms with E-state index in [1.54, 1.807) is 19.5 Å². The van der Waals surface area contributed by atoms with Gasteiger partial charge in [0.25, 0.3) is 0 Å². The number of aryl methyl sites for hydroxylation is 1. The molecule has 1 heterocycles.